The van der Waals surface area contributed by atoms with Crippen molar-refractivity contribution in [3.05, 3.63) is 23.9 Å². The lowest BCUT2D eigenvalue weighted by molar-refractivity contribution is 0.206. The highest BCUT2D eigenvalue weighted by Crippen LogP contribution is 2.35. The lowest BCUT2D eigenvalue weighted by atomic mass is 10.0. The molecule has 0 aliphatic heterocycles. The van der Waals surface area contributed by atoms with E-state index in [-0.39, 0.29) is 11.4 Å². The summed E-state index contributed by atoms with van der Waals surface area (Å²) in [6.07, 6.45) is 0. The Morgan fingerprint density at radius 2 is 2.14 bits per heavy atom. The Kier molecular flexibility index (Phi) is 1.74. The maximum Gasteiger partial charge on any atom is 0.171 e. The largest absolute Gasteiger partial charge is 0.507 e. The van der Waals surface area contributed by atoms with Gasteiger partial charge in [0.2, 0.25) is 0 Å². The van der Waals surface area contributed by atoms with Gasteiger partial charge < -0.3 is 9.63 Å². The van der Waals surface area contributed by atoms with E-state index >= 15 is 0 Å². The Balaban J connectivity index is 2.80. The third-order valence-electron chi connectivity index (χ3n) is 2.04. The summed E-state index contributed by atoms with van der Waals surface area (Å²) in [6, 6.07) is 4.74. The molecule has 3 nitrogen and oxygen atoms in total. The molecule has 1 aromatic carbocycles. The number of hydrogen-bond donors (Lipinski definition) is 1. The number of phenols is 1. The van der Waals surface area contributed by atoms with Crippen molar-refractivity contribution in [3.8, 4) is 5.75 Å². The van der Waals surface area contributed by atoms with E-state index in [2.05, 4.69) is 5.16 Å². The molecule has 0 saturated carbocycles. The zero-order valence-corrected chi connectivity index (χ0v) is 7.91. The van der Waals surface area contributed by atoms with E-state index in [0.717, 1.165) is 0 Å². The molecule has 2 rings (SSSR count). The molecule has 0 amide bonds. The van der Waals surface area contributed by atoms with Crippen LogP contribution in [0.4, 0.5) is 4.39 Å². The first-order valence-corrected chi connectivity index (χ1v) is 4.27. The number of hydrogen-bond acceptors (Lipinski definition) is 3. The number of rotatable bonds is 1. The van der Waals surface area contributed by atoms with Crippen molar-refractivity contribution in [2.45, 2.75) is 19.5 Å². The predicted molar refractivity (Wildman–Crippen MR) is 49.8 cm³/mol. The van der Waals surface area contributed by atoms with E-state index in [1.807, 2.05) is 0 Å². The lowest BCUT2D eigenvalue weighted by Crippen LogP contribution is -2.09. The molecule has 4 heteroatoms. The molecule has 0 spiro atoms. The van der Waals surface area contributed by atoms with Gasteiger partial charge in [0, 0.05) is 0 Å². The molecule has 0 saturated heterocycles. The summed E-state index contributed by atoms with van der Waals surface area (Å²) in [4.78, 5) is 0. The van der Waals surface area contributed by atoms with Crippen molar-refractivity contribution < 1.29 is 14.0 Å². The lowest BCUT2D eigenvalue weighted by Gasteiger charge is -2.09. The second kappa shape index (κ2) is 2.70. The SMILES string of the molecule is CC(C)(F)c1noc2cccc(O)c12. The topological polar surface area (TPSA) is 46.3 Å². The first kappa shape index (κ1) is 8.99. The van der Waals surface area contributed by atoms with Crippen molar-refractivity contribution in [1.29, 1.82) is 0 Å². The maximum absolute atomic E-state index is 13.6. The van der Waals surface area contributed by atoms with Crippen molar-refractivity contribution in [3.63, 3.8) is 0 Å². The van der Waals surface area contributed by atoms with Crippen LogP contribution in [0.1, 0.15) is 19.5 Å². The molecule has 0 unspecified atom stereocenters. The van der Waals surface area contributed by atoms with E-state index in [9.17, 15) is 9.50 Å². The number of halogens is 1. The summed E-state index contributed by atoms with van der Waals surface area (Å²) in [5.41, 5.74) is -1.10. The maximum atomic E-state index is 13.6. The van der Waals surface area contributed by atoms with Crippen LogP contribution in [0.5, 0.6) is 5.75 Å². The minimum atomic E-state index is -1.62. The highest BCUT2D eigenvalue weighted by atomic mass is 19.1. The van der Waals surface area contributed by atoms with Crippen LogP contribution in [0.15, 0.2) is 22.7 Å². The van der Waals surface area contributed by atoms with Gasteiger partial charge in [0.1, 0.15) is 11.4 Å². The summed E-state index contributed by atoms with van der Waals surface area (Å²) in [5, 5.41) is 13.5. The third kappa shape index (κ3) is 1.23. The Bertz CT molecular complexity index is 470. The van der Waals surface area contributed by atoms with E-state index < -0.39 is 5.67 Å². The molecule has 0 bridgehead atoms. The number of benzene rings is 1. The summed E-state index contributed by atoms with van der Waals surface area (Å²) in [6.45, 7) is 2.74. The zero-order chi connectivity index (χ0) is 10.3. The van der Waals surface area contributed by atoms with E-state index in [0.29, 0.717) is 11.0 Å². The number of alkyl halides is 1. The number of nitrogens with zero attached hydrogens (tertiary/aromatic N) is 1. The van der Waals surface area contributed by atoms with Crippen molar-refractivity contribution in [1.82, 2.24) is 5.16 Å². The summed E-state index contributed by atoms with van der Waals surface area (Å²) < 4.78 is 18.5. The highest BCUT2D eigenvalue weighted by Gasteiger charge is 2.27. The second-order valence-corrected chi connectivity index (χ2v) is 3.65. The molecular weight excluding hydrogens is 185 g/mol. The summed E-state index contributed by atoms with van der Waals surface area (Å²) >= 11 is 0. The smallest absolute Gasteiger partial charge is 0.171 e. The van der Waals surface area contributed by atoms with E-state index in [4.69, 9.17) is 4.52 Å². The Morgan fingerprint density at radius 3 is 2.79 bits per heavy atom. The van der Waals surface area contributed by atoms with Gasteiger partial charge in [-0.05, 0) is 26.0 Å². The highest BCUT2D eigenvalue weighted by molar-refractivity contribution is 5.86. The Labute approximate surface area is 80.1 Å². The van der Waals surface area contributed by atoms with Gasteiger partial charge >= 0.3 is 0 Å². The van der Waals surface area contributed by atoms with E-state index in [1.54, 1.807) is 12.1 Å². The predicted octanol–water partition coefficient (Wildman–Crippen LogP) is 2.74. The average molecular weight is 195 g/mol. The standard InChI is InChI=1S/C10H10FNO2/c1-10(2,11)9-8-6(13)4-3-5-7(8)14-12-9/h3-5,13H,1-2H3. The summed E-state index contributed by atoms with van der Waals surface area (Å²) in [7, 11) is 0. The van der Waals surface area contributed by atoms with Crippen LogP contribution in [0, 0.1) is 0 Å². The zero-order valence-electron chi connectivity index (χ0n) is 7.91. The van der Waals surface area contributed by atoms with Crippen LogP contribution >= 0.6 is 0 Å². The minimum absolute atomic E-state index is 0.00975. The molecule has 0 atom stereocenters. The monoisotopic (exact) mass is 195 g/mol. The molecular formula is C10H10FNO2. The van der Waals surface area contributed by atoms with Gasteiger partial charge in [-0.15, -0.1) is 0 Å². The van der Waals surface area contributed by atoms with E-state index in [1.165, 1.54) is 19.9 Å². The van der Waals surface area contributed by atoms with Gasteiger partial charge in [0.15, 0.2) is 11.3 Å². The second-order valence-electron chi connectivity index (χ2n) is 3.65. The van der Waals surface area contributed by atoms with Crippen LogP contribution in [0.2, 0.25) is 0 Å². The van der Waals surface area contributed by atoms with Crippen molar-refractivity contribution in [2.75, 3.05) is 0 Å². The number of aromatic nitrogens is 1. The van der Waals surface area contributed by atoms with Gasteiger partial charge in [0.05, 0.1) is 5.39 Å². The van der Waals surface area contributed by atoms with Crippen LogP contribution < -0.4 is 0 Å². The fourth-order valence-electron chi connectivity index (χ4n) is 1.38. The fraction of sp³-hybridized carbons (Fsp3) is 0.300. The first-order chi connectivity index (χ1) is 6.50. The Hall–Kier alpha value is -1.58. The molecule has 1 N–H and O–H groups in total. The van der Waals surface area contributed by atoms with Gasteiger partial charge in [-0.3, -0.25) is 0 Å². The molecule has 14 heavy (non-hydrogen) atoms. The number of aromatic hydroxyl groups is 1. The first-order valence-electron chi connectivity index (χ1n) is 4.27. The molecule has 1 heterocycles. The molecule has 1 aromatic heterocycles. The molecule has 0 aliphatic rings. The molecule has 0 fully saturated rings. The Morgan fingerprint density at radius 1 is 1.43 bits per heavy atom. The van der Waals surface area contributed by atoms with Crippen molar-refractivity contribution in [2.24, 2.45) is 0 Å². The third-order valence-corrected chi connectivity index (χ3v) is 2.04. The fourth-order valence-corrected chi connectivity index (χ4v) is 1.38. The van der Waals surface area contributed by atoms with Crippen LogP contribution in [0.25, 0.3) is 11.0 Å². The minimum Gasteiger partial charge on any atom is -0.507 e. The van der Waals surface area contributed by atoms with Crippen LogP contribution in [0.3, 0.4) is 0 Å². The quantitative estimate of drug-likeness (QED) is 0.760. The van der Waals surface area contributed by atoms with Crippen molar-refractivity contribution >= 4 is 11.0 Å². The molecule has 2 aromatic rings. The molecule has 0 aliphatic carbocycles. The number of fused-ring (bicyclic) bond motifs is 1. The van der Waals surface area contributed by atoms with Crippen LogP contribution in [-0.2, 0) is 5.67 Å². The van der Waals surface area contributed by atoms with Gasteiger partial charge in [0.25, 0.3) is 0 Å². The van der Waals surface area contributed by atoms with Gasteiger partial charge in [-0.25, -0.2) is 4.39 Å². The summed E-state index contributed by atoms with van der Waals surface area (Å²) in [5.74, 6) is -0.00975. The number of phenolic OH excluding ortho intramolecular Hbond substituents is 1. The van der Waals surface area contributed by atoms with Gasteiger partial charge in [-0.1, -0.05) is 11.2 Å². The molecule has 74 valence electrons. The van der Waals surface area contributed by atoms with Crippen LogP contribution in [-0.4, -0.2) is 10.3 Å². The van der Waals surface area contributed by atoms with Gasteiger partial charge in [-0.2, -0.15) is 0 Å². The average Bonchev–Trinajstić information content (AvgIpc) is 2.47. The normalized spacial score (nSPS) is 12.2. The molecule has 0 radical (unpaired) electrons.